The summed E-state index contributed by atoms with van der Waals surface area (Å²) in [5.74, 6) is -0.112. The largest absolute Gasteiger partial charge is 0.420 e. The first-order valence-electron chi connectivity index (χ1n) is 8.55. The highest BCUT2D eigenvalue weighted by molar-refractivity contribution is 5.79. The van der Waals surface area contributed by atoms with Crippen molar-refractivity contribution in [1.82, 2.24) is 19.7 Å². The number of para-hydroxylation sites is 2. The van der Waals surface area contributed by atoms with Crippen LogP contribution in [0.1, 0.15) is 18.5 Å². The van der Waals surface area contributed by atoms with Crippen molar-refractivity contribution in [1.29, 1.82) is 0 Å². The van der Waals surface area contributed by atoms with Crippen molar-refractivity contribution in [3.8, 4) is 0 Å². The number of aromatic amines is 1. The van der Waals surface area contributed by atoms with Gasteiger partial charge in [0.1, 0.15) is 6.54 Å². The number of fused-ring (bicyclic) bond motifs is 1. The van der Waals surface area contributed by atoms with E-state index in [0.29, 0.717) is 23.6 Å². The summed E-state index contributed by atoms with van der Waals surface area (Å²) in [5.41, 5.74) is 2.26. The van der Waals surface area contributed by atoms with Crippen molar-refractivity contribution < 1.29 is 9.21 Å². The Morgan fingerprint density at radius 1 is 1.32 bits per heavy atom. The van der Waals surface area contributed by atoms with E-state index in [2.05, 4.69) is 10.2 Å². The summed E-state index contributed by atoms with van der Waals surface area (Å²) in [6.45, 7) is 1.47. The Hall–Kier alpha value is -2.83. The molecule has 2 aromatic heterocycles. The lowest BCUT2D eigenvalue weighted by Gasteiger charge is -2.32. The summed E-state index contributed by atoms with van der Waals surface area (Å²) in [5, 5.41) is 6.96. The smallest absolute Gasteiger partial charge is 0.408 e. The molecule has 4 rings (SSSR count). The van der Waals surface area contributed by atoms with Gasteiger partial charge in [-0.25, -0.2) is 4.79 Å². The first kappa shape index (κ1) is 15.7. The van der Waals surface area contributed by atoms with Gasteiger partial charge in [-0.15, -0.1) is 0 Å². The number of carbonyl (C=O) groups is 1. The number of likely N-dealkylation sites (tertiary alicyclic amines) is 1. The number of rotatable bonds is 4. The van der Waals surface area contributed by atoms with Gasteiger partial charge in [0.05, 0.1) is 5.52 Å². The fourth-order valence-electron chi connectivity index (χ4n) is 3.57. The molecule has 1 amide bonds. The maximum Gasteiger partial charge on any atom is 0.420 e. The number of H-pyrrole nitrogens is 1. The number of hydrogen-bond donors (Lipinski definition) is 1. The summed E-state index contributed by atoms with van der Waals surface area (Å²) >= 11 is 0. The Kier molecular flexibility index (Phi) is 4.13. The predicted octanol–water partition coefficient (Wildman–Crippen LogP) is 1.80. The quantitative estimate of drug-likeness (QED) is 0.785. The molecule has 0 radical (unpaired) electrons. The highest BCUT2D eigenvalue weighted by atomic mass is 16.4. The number of benzene rings is 1. The highest BCUT2D eigenvalue weighted by Crippen LogP contribution is 2.21. The molecular weight excluding hydrogens is 320 g/mol. The van der Waals surface area contributed by atoms with Crippen LogP contribution in [0.15, 0.2) is 45.7 Å². The molecular formula is C18H20N4O3. The second-order valence-corrected chi connectivity index (χ2v) is 6.56. The molecule has 1 atom stereocenters. The van der Waals surface area contributed by atoms with Crippen molar-refractivity contribution in [2.24, 2.45) is 5.92 Å². The molecule has 1 N–H and O–H groups in total. The molecule has 1 saturated heterocycles. The Labute approximate surface area is 144 Å². The van der Waals surface area contributed by atoms with E-state index in [9.17, 15) is 9.59 Å². The number of carbonyl (C=O) groups excluding carboxylic acids is 1. The molecule has 3 heterocycles. The normalized spacial score (nSPS) is 17.9. The van der Waals surface area contributed by atoms with Crippen LogP contribution >= 0.6 is 0 Å². The number of piperidine rings is 1. The van der Waals surface area contributed by atoms with Crippen LogP contribution in [0.4, 0.5) is 0 Å². The lowest BCUT2D eigenvalue weighted by Crippen LogP contribution is -2.42. The van der Waals surface area contributed by atoms with Gasteiger partial charge in [-0.05, 0) is 43.4 Å². The molecule has 7 heteroatoms. The van der Waals surface area contributed by atoms with E-state index in [-0.39, 0.29) is 12.5 Å². The summed E-state index contributed by atoms with van der Waals surface area (Å²) in [4.78, 5) is 26.6. The SMILES string of the molecule is O=C(Cn1c(=O)oc2ccccc21)N1CCC[C@@H](Cc2ccn[nH]2)C1. The maximum absolute atomic E-state index is 12.7. The van der Waals surface area contributed by atoms with Crippen LogP contribution in [0.3, 0.4) is 0 Å². The fourth-order valence-corrected chi connectivity index (χ4v) is 3.57. The zero-order valence-electron chi connectivity index (χ0n) is 13.9. The van der Waals surface area contributed by atoms with Crippen molar-refractivity contribution >= 4 is 17.0 Å². The summed E-state index contributed by atoms with van der Waals surface area (Å²) < 4.78 is 6.62. The topological polar surface area (TPSA) is 84.1 Å². The zero-order chi connectivity index (χ0) is 17.2. The lowest BCUT2D eigenvalue weighted by atomic mass is 9.93. The van der Waals surface area contributed by atoms with Gasteiger partial charge < -0.3 is 9.32 Å². The monoisotopic (exact) mass is 340 g/mol. The third-order valence-electron chi connectivity index (χ3n) is 4.81. The van der Waals surface area contributed by atoms with E-state index < -0.39 is 5.76 Å². The van der Waals surface area contributed by atoms with Crippen molar-refractivity contribution in [2.45, 2.75) is 25.8 Å². The molecule has 1 aromatic carbocycles. The second kappa shape index (κ2) is 6.58. The zero-order valence-corrected chi connectivity index (χ0v) is 13.9. The Balaban J connectivity index is 1.46. The third-order valence-corrected chi connectivity index (χ3v) is 4.81. The highest BCUT2D eigenvalue weighted by Gasteiger charge is 2.25. The minimum absolute atomic E-state index is 0.0205. The fraction of sp³-hybridized carbons (Fsp3) is 0.389. The molecule has 0 saturated carbocycles. The van der Waals surface area contributed by atoms with Crippen LogP contribution in [-0.2, 0) is 17.8 Å². The number of nitrogens with one attached hydrogen (secondary N) is 1. The standard InChI is InChI=1S/C18H20N4O3/c23-17(12-22-15-5-1-2-6-16(15)25-18(22)24)21-9-3-4-13(11-21)10-14-7-8-19-20-14/h1-2,5-8,13H,3-4,9-12H2,(H,19,20)/t13-/m0/s1. The molecule has 1 aliphatic heterocycles. The molecule has 0 unspecified atom stereocenters. The van der Waals surface area contributed by atoms with E-state index in [4.69, 9.17) is 4.42 Å². The van der Waals surface area contributed by atoms with Crippen LogP contribution in [0.2, 0.25) is 0 Å². The number of aromatic nitrogens is 3. The summed E-state index contributed by atoms with van der Waals surface area (Å²) in [7, 11) is 0. The van der Waals surface area contributed by atoms with Gasteiger partial charge in [0.15, 0.2) is 5.58 Å². The van der Waals surface area contributed by atoms with E-state index in [1.807, 2.05) is 23.1 Å². The average molecular weight is 340 g/mol. The van der Waals surface area contributed by atoms with E-state index in [0.717, 1.165) is 31.5 Å². The van der Waals surface area contributed by atoms with Gasteiger partial charge in [-0.1, -0.05) is 12.1 Å². The molecule has 0 aliphatic carbocycles. The van der Waals surface area contributed by atoms with Crippen LogP contribution in [0, 0.1) is 5.92 Å². The van der Waals surface area contributed by atoms with Gasteiger partial charge in [0, 0.05) is 25.0 Å². The Morgan fingerprint density at radius 3 is 3.04 bits per heavy atom. The summed E-state index contributed by atoms with van der Waals surface area (Å²) in [6, 6.07) is 9.14. The van der Waals surface area contributed by atoms with E-state index in [1.165, 1.54) is 4.57 Å². The molecule has 1 aliphatic rings. The van der Waals surface area contributed by atoms with Crippen molar-refractivity contribution in [3.05, 3.63) is 52.8 Å². The van der Waals surface area contributed by atoms with Crippen LogP contribution in [0.5, 0.6) is 0 Å². The molecule has 25 heavy (non-hydrogen) atoms. The van der Waals surface area contributed by atoms with Gasteiger partial charge in [-0.2, -0.15) is 5.10 Å². The van der Waals surface area contributed by atoms with Gasteiger partial charge in [0.2, 0.25) is 5.91 Å². The minimum Gasteiger partial charge on any atom is -0.408 e. The van der Waals surface area contributed by atoms with E-state index in [1.54, 1.807) is 18.3 Å². The van der Waals surface area contributed by atoms with Crippen molar-refractivity contribution in [2.75, 3.05) is 13.1 Å². The minimum atomic E-state index is -0.486. The maximum atomic E-state index is 12.7. The molecule has 0 spiro atoms. The van der Waals surface area contributed by atoms with Gasteiger partial charge >= 0.3 is 5.76 Å². The van der Waals surface area contributed by atoms with Crippen LogP contribution in [0.25, 0.3) is 11.1 Å². The van der Waals surface area contributed by atoms with Crippen molar-refractivity contribution in [3.63, 3.8) is 0 Å². The molecule has 130 valence electrons. The number of amides is 1. The molecule has 7 nitrogen and oxygen atoms in total. The first-order valence-corrected chi connectivity index (χ1v) is 8.55. The van der Waals surface area contributed by atoms with Gasteiger partial charge in [-0.3, -0.25) is 14.5 Å². The van der Waals surface area contributed by atoms with Gasteiger partial charge in [0.25, 0.3) is 0 Å². The summed E-state index contributed by atoms with van der Waals surface area (Å²) in [6.07, 6.45) is 4.71. The molecule has 0 bridgehead atoms. The first-order chi connectivity index (χ1) is 12.2. The number of oxazole rings is 1. The van der Waals surface area contributed by atoms with E-state index >= 15 is 0 Å². The predicted molar refractivity (Wildman–Crippen MR) is 92.1 cm³/mol. The Morgan fingerprint density at radius 2 is 2.20 bits per heavy atom. The second-order valence-electron chi connectivity index (χ2n) is 6.56. The third kappa shape index (κ3) is 3.22. The number of nitrogens with zero attached hydrogens (tertiary/aromatic N) is 3. The molecule has 3 aromatic rings. The number of hydrogen-bond acceptors (Lipinski definition) is 4. The van der Waals surface area contributed by atoms with Crippen LogP contribution < -0.4 is 5.76 Å². The lowest BCUT2D eigenvalue weighted by molar-refractivity contribution is -0.133. The molecule has 1 fully saturated rings. The average Bonchev–Trinajstić information content (AvgIpc) is 3.23. The Bertz CT molecular complexity index is 925. The van der Waals surface area contributed by atoms with Crippen LogP contribution in [-0.4, -0.2) is 38.7 Å².